The average molecular weight is 526 g/mol. The fourth-order valence-electron chi connectivity index (χ4n) is 3.83. The van der Waals surface area contributed by atoms with Crippen LogP contribution in [0.1, 0.15) is 16.6 Å². The van der Waals surface area contributed by atoms with E-state index in [4.69, 9.17) is 14.0 Å². The maximum Gasteiger partial charge on any atom is 0.344 e. The van der Waals surface area contributed by atoms with E-state index in [1.807, 2.05) is 0 Å². The van der Waals surface area contributed by atoms with Crippen LogP contribution in [0.15, 0.2) is 40.4 Å². The Hall–Kier alpha value is -3.20. The van der Waals surface area contributed by atoms with Crippen molar-refractivity contribution in [3.8, 4) is 0 Å². The van der Waals surface area contributed by atoms with Gasteiger partial charge in [-0.1, -0.05) is 0 Å². The van der Waals surface area contributed by atoms with Crippen LogP contribution in [-0.2, 0) is 39.2 Å². The molecular formula is C20H25N5O10P+. The minimum absolute atomic E-state index is 0.0396. The first kappa shape index (κ1) is 25.9. The fraction of sp³-hybridized carbons (Fsp3) is 0.450. The summed E-state index contributed by atoms with van der Waals surface area (Å²) in [5.74, 6) is -0.787. The van der Waals surface area contributed by atoms with E-state index in [9.17, 15) is 34.1 Å². The number of imidazole rings is 1. The van der Waals surface area contributed by atoms with Crippen molar-refractivity contribution in [1.29, 1.82) is 0 Å². The summed E-state index contributed by atoms with van der Waals surface area (Å²) < 4.78 is 31.8. The molecule has 3 aromatic rings. The van der Waals surface area contributed by atoms with Gasteiger partial charge in [0.25, 0.3) is 11.8 Å². The van der Waals surface area contributed by atoms with Crippen molar-refractivity contribution in [3.63, 3.8) is 0 Å². The van der Waals surface area contributed by atoms with Gasteiger partial charge in [0.2, 0.25) is 6.29 Å². The average Bonchev–Trinajstić information content (AvgIpc) is 3.34. The summed E-state index contributed by atoms with van der Waals surface area (Å²) in [5, 5.41) is 20.4. The number of fused-ring (bicyclic) bond motifs is 1. The number of hydrogen-bond acceptors (Lipinski definition) is 10. The molecule has 3 N–H and O–H groups in total. The van der Waals surface area contributed by atoms with Crippen LogP contribution in [0.4, 0.5) is 0 Å². The molecular weight excluding hydrogens is 501 g/mol. The first-order valence-electron chi connectivity index (χ1n) is 10.7. The summed E-state index contributed by atoms with van der Waals surface area (Å²) in [6, 6.07) is 2.88. The highest BCUT2D eigenvalue weighted by Crippen LogP contribution is 2.42. The van der Waals surface area contributed by atoms with Gasteiger partial charge in [0, 0.05) is 26.8 Å². The molecule has 0 radical (unpaired) electrons. The quantitative estimate of drug-likeness (QED) is 0.175. The van der Waals surface area contributed by atoms with Gasteiger partial charge in [-0.25, -0.2) is 14.6 Å². The molecule has 0 spiro atoms. The van der Waals surface area contributed by atoms with E-state index in [2.05, 4.69) is 4.98 Å². The van der Waals surface area contributed by atoms with Crippen LogP contribution in [0.2, 0.25) is 0 Å². The Morgan fingerprint density at radius 1 is 1.28 bits per heavy atom. The smallest absolute Gasteiger partial charge is 0.344 e. The predicted molar refractivity (Wildman–Crippen MR) is 120 cm³/mol. The Labute approximate surface area is 202 Å². The molecule has 1 fully saturated rings. The van der Waals surface area contributed by atoms with Crippen molar-refractivity contribution < 1.29 is 43.0 Å². The summed E-state index contributed by atoms with van der Waals surface area (Å²) in [6.45, 7) is 0.427. The SMILES string of the molecule is Cn1cnc2c1c(=O)n(CCOC(=O)c1ccc[n+]([C@@H]3O[C@H](OP(C)(=O)O)[C@@H](O)[C@H]3O)c1)c(=O)n2C. The molecule has 1 aliphatic heterocycles. The van der Waals surface area contributed by atoms with E-state index in [0.29, 0.717) is 0 Å². The van der Waals surface area contributed by atoms with E-state index >= 15 is 0 Å². The van der Waals surface area contributed by atoms with Crippen molar-refractivity contribution in [3.05, 3.63) is 57.3 Å². The lowest BCUT2D eigenvalue weighted by Gasteiger charge is -2.15. The number of rotatable bonds is 7. The highest BCUT2D eigenvalue weighted by molar-refractivity contribution is 7.51. The molecule has 1 aliphatic rings. The van der Waals surface area contributed by atoms with E-state index in [-0.39, 0.29) is 29.9 Å². The molecule has 0 bridgehead atoms. The zero-order valence-corrected chi connectivity index (χ0v) is 20.4. The van der Waals surface area contributed by atoms with Gasteiger partial charge in [-0.2, -0.15) is 4.57 Å². The second-order valence-corrected chi connectivity index (χ2v) is 10.1. The van der Waals surface area contributed by atoms with Crippen LogP contribution < -0.4 is 15.8 Å². The minimum atomic E-state index is -4.02. The number of ether oxygens (including phenoxy) is 2. The number of nitrogens with zero attached hydrogens (tertiary/aromatic N) is 5. The van der Waals surface area contributed by atoms with Gasteiger partial charge in [-0.3, -0.25) is 27.8 Å². The minimum Gasteiger partial charge on any atom is -0.460 e. The van der Waals surface area contributed by atoms with Gasteiger partial charge in [-0.05, 0) is 6.07 Å². The van der Waals surface area contributed by atoms with Gasteiger partial charge in [0.1, 0.15) is 18.3 Å². The number of carbonyl (C=O) groups is 1. The Balaban J connectivity index is 1.46. The second-order valence-electron chi connectivity index (χ2n) is 8.29. The van der Waals surface area contributed by atoms with Crippen molar-refractivity contribution >= 4 is 24.7 Å². The number of aromatic nitrogens is 5. The molecule has 1 unspecified atom stereocenters. The molecule has 16 heteroatoms. The number of pyridine rings is 1. The van der Waals surface area contributed by atoms with E-state index in [0.717, 1.165) is 11.2 Å². The van der Waals surface area contributed by atoms with Gasteiger partial charge in [0.15, 0.2) is 29.7 Å². The Morgan fingerprint density at radius 3 is 2.69 bits per heavy atom. The largest absolute Gasteiger partial charge is 0.460 e. The van der Waals surface area contributed by atoms with Crippen LogP contribution in [0.25, 0.3) is 11.2 Å². The number of aliphatic hydroxyl groups is 2. The summed E-state index contributed by atoms with van der Waals surface area (Å²) in [4.78, 5) is 51.3. The summed E-state index contributed by atoms with van der Waals surface area (Å²) in [6.07, 6.45) is -1.79. The van der Waals surface area contributed by atoms with Crippen molar-refractivity contribution in [2.24, 2.45) is 14.1 Å². The monoisotopic (exact) mass is 526 g/mol. The van der Waals surface area contributed by atoms with E-state index in [1.54, 1.807) is 7.05 Å². The van der Waals surface area contributed by atoms with Crippen molar-refractivity contribution in [1.82, 2.24) is 18.7 Å². The van der Waals surface area contributed by atoms with Gasteiger partial charge in [-0.15, -0.1) is 0 Å². The molecule has 5 atom stereocenters. The van der Waals surface area contributed by atoms with E-state index in [1.165, 1.54) is 51.6 Å². The van der Waals surface area contributed by atoms with Crippen LogP contribution in [-0.4, -0.2) is 71.5 Å². The molecule has 1 saturated heterocycles. The molecule has 0 saturated carbocycles. The molecule has 0 aliphatic carbocycles. The fourth-order valence-corrected chi connectivity index (χ4v) is 4.39. The first-order chi connectivity index (χ1) is 16.9. The van der Waals surface area contributed by atoms with Gasteiger partial charge < -0.3 is 24.4 Å². The van der Waals surface area contributed by atoms with Gasteiger partial charge in [0.05, 0.1) is 12.9 Å². The third-order valence-corrected chi connectivity index (χ3v) is 6.19. The van der Waals surface area contributed by atoms with E-state index < -0.39 is 49.5 Å². The number of esters is 1. The molecule has 0 amide bonds. The molecule has 15 nitrogen and oxygen atoms in total. The number of aliphatic hydroxyl groups excluding tert-OH is 2. The second kappa shape index (κ2) is 9.69. The lowest BCUT2D eigenvalue weighted by molar-refractivity contribution is -0.767. The molecule has 36 heavy (non-hydrogen) atoms. The zero-order chi connectivity index (χ0) is 26.4. The number of carbonyl (C=O) groups excluding carboxylic acids is 1. The normalized spacial score (nSPS) is 23.6. The highest BCUT2D eigenvalue weighted by Gasteiger charge is 2.50. The Kier molecular flexibility index (Phi) is 6.96. The Morgan fingerprint density at radius 2 is 2.00 bits per heavy atom. The molecule has 0 aromatic carbocycles. The van der Waals surface area contributed by atoms with Crippen molar-refractivity contribution in [2.45, 2.75) is 31.3 Å². The maximum absolute atomic E-state index is 12.7. The Bertz CT molecular complexity index is 1470. The predicted octanol–water partition coefficient (Wildman–Crippen LogP) is -2.01. The summed E-state index contributed by atoms with van der Waals surface area (Å²) in [7, 11) is -0.911. The topological polar surface area (TPSA) is 188 Å². The molecule has 4 heterocycles. The number of hydrogen-bond donors (Lipinski definition) is 3. The van der Waals surface area contributed by atoms with Crippen LogP contribution in [0, 0.1) is 0 Å². The zero-order valence-electron chi connectivity index (χ0n) is 19.5. The maximum atomic E-state index is 12.7. The molecule has 194 valence electrons. The van der Waals surface area contributed by atoms with Crippen LogP contribution in [0.3, 0.4) is 0 Å². The molecule has 4 rings (SSSR count). The summed E-state index contributed by atoms with van der Waals surface area (Å²) in [5.41, 5.74) is -0.666. The summed E-state index contributed by atoms with van der Waals surface area (Å²) >= 11 is 0. The highest BCUT2D eigenvalue weighted by atomic mass is 31.2. The van der Waals surface area contributed by atoms with Crippen LogP contribution >= 0.6 is 7.60 Å². The third kappa shape index (κ3) is 4.89. The van der Waals surface area contributed by atoms with Crippen LogP contribution in [0.5, 0.6) is 0 Å². The molecule has 3 aromatic heterocycles. The van der Waals surface area contributed by atoms with Gasteiger partial charge >= 0.3 is 19.3 Å². The lowest BCUT2D eigenvalue weighted by Crippen LogP contribution is -2.46. The lowest BCUT2D eigenvalue weighted by atomic mass is 10.2. The third-order valence-electron chi connectivity index (χ3n) is 5.59. The first-order valence-corrected chi connectivity index (χ1v) is 12.7. The number of aryl methyl sites for hydroxylation is 2. The standard InChI is InChI=1S/C20H24N5O10P/c1-22-10-21-15-12(22)16(28)25(20(30)23(15)2)7-8-33-18(29)11-5-4-6-24(9-11)17-13(26)14(27)19(34-17)35-36(3,31)32/h4-6,9-10,13-14,17,19,26-27H,7-8H2,1-3H3/p+1/t13-,14+,17-,19-/m1/s1. The van der Waals surface area contributed by atoms with Crippen molar-refractivity contribution in [2.75, 3.05) is 13.3 Å².